The van der Waals surface area contributed by atoms with E-state index in [2.05, 4.69) is 0 Å². The molecule has 5 nitrogen and oxygen atoms in total. The molecule has 16 heavy (non-hydrogen) atoms. The van der Waals surface area contributed by atoms with Crippen LogP contribution >= 0.6 is 0 Å². The Labute approximate surface area is 90.0 Å². The van der Waals surface area contributed by atoms with Gasteiger partial charge in [-0.05, 0) is 30.2 Å². The van der Waals surface area contributed by atoms with Crippen molar-refractivity contribution in [2.24, 2.45) is 0 Å². The van der Waals surface area contributed by atoms with Crippen molar-refractivity contribution in [1.29, 1.82) is 0 Å². The fraction of sp³-hybridized carbons (Fsp3) is 0.100. The number of carbonyl (C=O) groups is 1. The Bertz CT molecular complexity index is 482. The molecular formula is C10H8FNO4. The standard InChI is InChI=1S/C10H8FNO4/c1-6-4-9(12(15)16)8(11)5-7(6)2-3-10(13)14/h2-5H,1H3,(H,13,14). The van der Waals surface area contributed by atoms with E-state index in [4.69, 9.17) is 5.11 Å². The zero-order chi connectivity index (χ0) is 12.3. The molecule has 1 aromatic carbocycles. The van der Waals surface area contributed by atoms with E-state index in [-0.39, 0.29) is 0 Å². The van der Waals surface area contributed by atoms with Crippen molar-refractivity contribution in [2.75, 3.05) is 0 Å². The summed E-state index contributed by atoms with van der Waals surface area (Å²) in [5, 5.41) is 18.8. The van der Waals surface area contributed by atoms with Gasteiger partial charge in [0.2, 0.25) is 5.82 Å². The minimum absolute atomic E-state index is 0.297. The van der Waals surface area contributed by atoms with Crippen LogP contribution in [0.5, 0.6) is 0 Å². The monoisotopic (exact) mass is 225 g/mol. The Kier molecular flexibility index (Phi) is 3.34. The summed E-state index contributed by atoms with van der Waals surface area (Å²) in [4.78, 5) is 19.8. The summed E-state index contributed by atoms with van der Waals surface area (Å²) in [6.07, 6.45) is 2.03. The number of halogens is 1. The average molecular weight is 225 g/mol. The number of carboxylic acid groups (broad SMARTS) is 1. The van der Waals surface area contributed by atoms with Gasteiger partial charge < -0.3 is 5.11 Å². The molecule has 0 saturated carbocycles. The molecule has 84 valence electrons. The molecule has 0 saturated heterocycles. The van der Waals surface area contributed by atoms with Crippen LogP contribution in [0, 0.1) is 22.9 Å². The van der Waals surface area contributed by atoms with Crippen molar-refractivity contribution in [3.05, 3.63) is 45.3 Å². The zero-order valence-electron chi connectivity index (χ0n) is 8.31. The van der Waals surface area contributed by atoms with Crippen molar-refractivity contribution in [1.82, 2.24) is 0 Å². The number of nitrogens with zero attached hydrogens (tertiary/aromatic N) is 1. The van der Waals surface area contributed by atoms with Gasteiger partial charge in [0.1, 0.15) is 0 Å². The topological polar surface area (TPSA) is 80.4 Å². The van der Waals surface area contributed by atoms with Crippen LogP contribution in [-0.4, -0.2) is 16.0 Å². The number of rotatable bonds is 3. The number of hydrogen-bond acceptors (Lipinski definition) is 3. The first-order valence-electron chi connectivity index (χ1n) is 4.27. The summed E-state index contributed by atoms with van der Waals surface area (Å²) in [7, 11) is 0. The molecule has 0 aliphatic carbocycles. The van der Waals surface area contributed by atoms with Crippen molar-refractivity contribution in [2.45, 2.75) is 6.92 Å². The minimum Gasteiger partial charge on any atom is -0.478 e. The molecule has 0 bridgehead atoms. The third-order valence-corrected chi connectivity index (χ3v) is 1.94. The summed E-state index contributed by atoms with van der Waals surface area (Å²) in [5.74, 6) is -2.15. The second kappa shape index (κ2) is 4.52. The Hall–Kier alpha value is -2.24. The number of aliphatic carboxylic acids is 1. The Morgan fingerprint density at radius 3 is 2.69 bits per heavy atom. The lowest BCUT2D eigenvalue weighted by atomic mass is 10.1. The summed E-state index contributed by atoms with van der Waals surface area (Å²) < 4.78 is 13.2. The molecular weight excluding hydrogens is 217 g/mol. The highest BCUT2D eigenvalue weighted by Crippen LogP contribution is 2.22. The van der Waals surface area contributed by atoms with Crippen molar-refractivity contribution >= 4 is 17.7 Å². The van der Waals surface area contributed by atoms with E-state index in [1.54, 1.807) is 0 Å². The molecule has 0 heterocycles. The van der Waals surface area contributed by atoms with Gasteiger partial charge in [0.15, 0.2) is 0 Å². The number of benzene rings is 1. The predicted molar refractivity (Wildman–Crippen MR) is 54.5 cm³/mol. The number of nitro benzene ring substituents is 1. The van der Waals surface area contributed by atoms with Gasteiger partial charge in [0.05, 0.1) is 4.92 Å². The van der Waals surface area contributed by atoms with Crippen molar-refractivity contribution in [3.8, 4) is 0 Å². The maximum Gasteiger partial charge on any atom is 0.328 e. The largest absolute Gasteiger partial charge is 0.478 e. The van der Waals surface area contributed by atoms with Crippen molar-refractivity contribution < 1.29 is 19.2 Å². The van der Waals surface area contributed by atoms with Gasteiger partial charge in [-0.1, -0.05) is 0 Å². The van der Waals surface area contributed by atoms with Gasteiger partial charge >= 0.3 is 11.7 Å². The zero-order valence-corrected chi connectivity index (χ0v) is 8.31. The molecule has 0 unspecified atom stereocenters. The lowest BCUT2D eigenvalue weighted by Gasteiger charge is -2.01. The molecule has 0 aliphatic heterocycles. The number of nitro groups is 1. The van der Waals surface area contributed by atoms with E-state index < -0.39 is 22.4 Å². The van der Waals surface area contributed by atoms with Gasteiger partial charge in [0.25, 0.3) is 0 Å². The lowest BCUT2D eigenvalue weighted by molar-refractivity contribution is -0.387. The number of aryl methyl sites for hydroxylation is 1. The maximum absolute atomic E-state index is 13.2. The Morgan fingerprint density at radius 1 is 1.56 bits per heavy atom. The smallest absolute Gasteiger partial charge is 0.328 e. The SMILES string of the molecule is Cc1cc([N+](=O)[O-])c(F)cc1C=CC(=O)O. The molecule has 0 spiro atoms. The quantitative estimate of drug-likeness (QED) is 0.485. The Morgan fingerprint density at radius 2 is 2.19 bits per heavy atom. The Balaban J connectivity index is 3.20. The predicted octanol–water partition coefficient (Wildman–Crippen LogP) is 2.14. The number of carboxylic acids is 1. The molecule has 6 heteroatoms. The molecule has 0 amide bonds. The van der Waals surface area contributed by atoms with E-state index in [1.165, 1.54) is 13.0 Å². The first kappa shape index (κ1) is 11.8. The average Bonchev–Trinajstić information content (AvgIpc) is 2.18. The van der Waals surface area contributed by atoms with Crippen LogP contribution in [0.2, 0.25) is 0 Å². The van der Waals surface area contributed by atoms with Gasteiger partial charge in [-0.3, -0.25) is 10.1 Å². The molecule has 1 rings (SSSR count). The van der Waals surface area contributed by atoms with Crippen LogP contribution in [-0.2, 0) is 4.79 Å². The van der Waals surface area contributed by atoms with Crippen LogP contribution in [0.4, 0.5) is 10.1 Å². The van der Waals surface area contributed by atoms with Gasteiger partial charge in [-0.15, -0.1) is 0 Å². The van der Waals surface area contributed by atoms with Crippen LogP contribution < -0.4 is 0 Å². The molecule has 0 aliphatic rings. The molecule has 0 aromatic heterocycles. The highest BCUT2D eigenvalue weighted by atomic mass is 19.1. The fourth-order valence-electron chi connectivity index (χ4n) is 1.16. The van der Waals surface area contributed by atoms with Gasteiger partial charge in [-0.25, -0.2) is 4.79 Å². The first-order chi connectivity index (χ1) is 7.41. The lowest BCUT2D eigenvalue weighted by Crippen LogP contribution is -1.95. The van der Waals surface area contributed by atoms with Crippen molar-refractivity contribution in [3.63, 3.8) is 0 Å². The van der Waals surface area contributed by atoms with E-state index in [0.717, 1.165) is 18.2 Å². The van der Waals surface area contributed by atoms with E-state index in [9.17, 15) is 19.3 Å². The van der Waals surface area contributed by atoms with Crippen LogP contribution in [0.25, 0.3) is 6.08 Å². The van der Waals surface area contributed by atoms with Crippen LogP contribution in [0.1, 0.15) is 11.1 Å². The highest BCUT2D eigenvalue weighted by molar-refractivity contribution is 5.85. The van der Waals surface area contributed by atoms with E-state index >= 15 is 0 Å². The summed E-state index contributed by atoms with van der Waals surface area (Å²) in [6.45, 7) is 1.54. The summed E-state index contributed by atoms with van der Waals surface area (Å²) in [6, 6.07) is 2.00. The molecule has 0 atom stereocenters. The maximum atomic E-state index is 13.2. The number of hydrogen-bond donors (Lipinski definition) is 1. The third kappa shape index (κ3) is 2.63. The fourth-order valence-corrected chi connectivity index (χ4v) is 1.16. The molecule has 0 radical (unpaired) electrons. The summed E-state index contributed by atoms with van der Waals surface area (Å²) in [5.41, 5.74) is 0.112. The second-order valence-electron chi connectivity index (χ2n) is 3.09. The minimum atomic E-state index is -1.17. The van der Waals surface area contributed by atoms with E-state index in [0.29, 0.717) is 11.1 Å². The van der Waals surface area contributed by atoms with Crippen LogP contribution in [0.15, 0.2) is 18.2 Å². The second-order valence-corrected chi connectivity index (χ2v) is 3.09. The summed E-state index contributed by atoms with van der Waals surface area (Å²) >= 11 is 0. The molecule has 0 fully saturated rings. The normalized spacial score (nSPS) is 10.6. The highest BCUT2D eigenvalue weighted by Gasteiger charge is 2.15. The molecule has 1 N–H and O–H groups in total. The van der Waals surface area contributed by atoms with Gasteiger partial charge in [-0.2, -0.15) is 4.39 Å². The first-order valence-corrected chi connectivity index (χ1v) is 4.27. The van der Waals surface area contributed by atoms with Gasteiger partial charge in [0, 0.05) is 12.1 Å². The third-order valence-electron chi connectivity index (χ3n) is 1.94. The van der Waals surface area contributed by atoms with E-state index in [1.807, 2.05) is 0 Å². The van der Waals surface area contributed by atoms with Crippen LogP contribution in [0.3, 0.4) is 0 Å². The molecule has 1 aromatic rings.